The maximum atomic E-state index is 5.47. The number of benzene rings is 9. The van der Waals surface area contributed by atoms with Crippen molar-refractivity contribution in [1.29, 1.82) is 0 Å². The molecule has 0 saturated heterocycles. The van der Waals surface area contributed by atoms with Crippen LogP contribution in [-0.2, 0) is 0 Å². The van der Waals surface area contributed by atoms with Crippen LogP contribution >= 0.6 is 0 Å². The van der Waals surface area contributed by atoms with Gasteiger partial charge in [-0.05, 0) is 89.6 Å². The number of nitrogens with zero attached hydrogens (tertiary/aromatic N) is 5. The molecule has 5 nitrogen and oxygen atoms in total. The van der Waals surface area contributed by atoms with Gasteiger partial charge in [-0.15, -0.1) is 0 Å². The van der Waals surface area contributed by atoms with Crippen molar-refractivity contribution < 1.29 is 0 Å². The van der Waals surface area contributed by atoms with Crippen LogP contribution in [0, 0.1) is 0 Å². The molecule has 0 spiro atoms. The maximum Gasteiger partial charge on any atom is 0.165 e. The lowest BCUT2D eigenvalue weighted by atomic mass is 10.0. The predicted octanol–water partition coefficient (Wildman–Crippen LogP) is 13.7. The zero-order valence-electron chi connectivity index (χ0n) is 31.8. The van der Waals surface area contributed by atoms with E-state index in [4.69, 9.17) is 9.97 Å². The number of aromatic nitrogens is 5. The molecule has 0 atom stereocenters. The van der Waals surface area contributed by atoms with Crippen LogP contribution in [0.3, 0.4) is 0 Å². The minimum absolute atomic E-state index is 0.804. The van der Waals surface area contributed by atoms with Gasteiger partial charge in [-0.3, -0.25) is 4.57 Å². The third kappa shape index (κ3) is 4.67. The molecule has 59 heavy (non-hydrogen) atoms. The van der Waals surface area contributed by atoms with E-state index in [1.807, 2.05) is 12.1 Å². The van der Waals surface area contributed by atoms with Crippen molar-refractivity contribution in [3.05, 3.63) is 200 Å². The Labute approximate surface area is 338 Å². The van der Waals surface area contributed by atoms with Gasteiger partial charge in [-0.1, -0.05) is 121 Å². The minimum Gasteiger partial charge on any atom is -0.309 e. The fourth-order valence-corrected chi connectivity index (χ4v) is 9.58. The second-order valence-electron chi connectivity index (χ2n) is 15.4. The molecular weight excluding hydrogens is 719 g/mol. The first-order valence-electron chi connectivity index (χ1n) is 20.1. The van der Waals surface area contributed by atoms with E-state index >= 15 is 0 Å². The van der Waals surface area contributed by atoms with Crippen LogP contribution in [-0.4, -0.2) is 23.7 Å². The van der Waals surface area contributed by atoms with E-state index in [-0.39, 0.29) is 0 Å². The smallest absolute Gasteiger partial charge is 0.165 e. The number of rotatable bonds is 4. The third-order valence-electron chi connectivity index (χ3n) is 12.2. The predicted molar refractivity (Wildman–Crippen MR) is 245 cm³/mol. The fourth-order valence-electron chi connectivity index (χ4n) is 9.58. The van der Waals surface area contributed by atoms with E-state index in [9.17, 15) is 0 Å². The summed E-state index contributed by atoms with van der Waals surface area (Å²) in [4.78, 5) is 10.9. The van der Waals surface area contributed by atoms with Gasteiger partial charge in [0.2, 0.25) is 0 Å². The number of para-hydroxylation sites is 7. The molecule has 0 N–H and O–H groups in total. The van der Waals surface area contributed by atoms with Crippen LogP contribution in [0.25, 0.3) is 116 Å². The first kappa shape index (κ1) is 32.1. The van der Waals surface area contributed by atoms with E-state index in [0.29, 0.717) is 0 Å². The monoisotopic (exact) mass is 751 g/mol. The van der Waals surface area contributed by atoms with E-state index in [2.05, 4.69) is 202 Å². The van der Waals surface area contributed by atoms with Gasteiger partial charge in [0.05, 0.1) is 44.1 Å². The molecule has 0 saturated carbocycles. The summed E-state index contributed by atoms with van der Waals surface area (Å²) < 4.78 is 7.09. The normalized spacial score (nSPS) is 12.1. The highest BCUT2D eigenvalue weighted by molar-refractivity contribution is 6.15. The van der Waals surface area contributed by atoms with E-state index in [1.54, 1.807) is 0 Å². The fraction of sp³-hybridized carbons (Fsp3) is 0. The first-order chi connectivity index (χ1) is 29.3. The summed E-state index contributed by atoms with van der Waals surface area (Å²) in [6.07, 6.45) is 0. The lowest BCUT2D eigenvalue weighted by molar-refractivity contribution is 1.08. The summed E-state index contributed by atoms with van der Waals surface area (Å²) in [7, 11) is 0. The second kappa shape index (κ2) is 12.2. The summed E-state index contributed by atoms with van der Waals surface area (Å²) in [5, 5.41) is 9.63. The molecule has 0 amide bonds. The van der Waals surface area contributed by atoms with Gasteiger partial charge in [0.25, 0.3) is 0 Å². The van der Waals surface area contributed by atoms with Crippen molar-refractivity contribution in [3.8, 4) is 28.5 Å². The van der Waals surface area contributed by atoms with Gasteiger partial charge >= 0.3 is 0 Å². The Balaban J connectivity index is 1.07. The standard InChI is InChI=1S/C54H33N5/c1-2-14-37(15-3-1)57-47-22-10-6-18-41(47)43-29-27-35(33-51(43)57)53-54(56-46-21-9-8-20-45(46)55-53)59-50-25-13-7-19-42(50)44-31-36-30-38(28-26-34(36)32-52(44)59)58-48-23-11-4-16-39(48)40-17-5-12-24-49(40)58/h1-33H. The minimum atomic E-state index is 0.804. The average molecular weight is 752 g/mol. The van der Waals surface area contributed by atoms with Gasteiger partial charge in [-0.25, -0.2) is 9.97 Å². The maximum absolute atomic E-state index is 5.47. The summed E-state index contributed by atoms with van der Waals surface area (Å²) in [6.45, 7) is 0. The zero-order valence-corrected chi connectivity index (χ0v) is 31.8. The molecule has 13 rings (SSSR count). The van der Waals surface area contributed by atoms with Crippen molar-refractivity contribution in [2.45, 2.75) is 0 Å². The van der Waals surface area contributed by atoms with Crippen LogP contribution in [0.2, 0.25) is 0 Å². The molecule has 0 aliphatic rings. The Morgan fingerprint density at radius 3 is 1.46 bits per heavy atom. The quantitative estimate of drug-likeness (QED) is 0.180. The Kier molecular flexibility index (Phi) is 6.66. The summed E-state index contributed by atoms with van der Waals surface area (Å²) in [6, 6.07) is 71.9. The molecule has 5 heteroatoms. The Morgan fingerprint density at radius 2 is 0.797 bits per heavy atom. The van der Waals surface area contributed by atoms with Crippen molar-refractivity contribution in [1.82, 2.24) is 23.7 Å². The second-order valence-corrected chi connectivity index (χ2v) is 15.4. The molecule has 0 bridgehead atoms. The average Bonchev–Trinajstić information content (AvgIpc) is 3.93. The molecule has 4 heterocycles. The molecular formula is C54H33N5. The Bertz CT molecular complexity index is 3800. The summed E-state index contributed by atoms with van der Waals surface area (Å²) in [5.74, 6) is 0.804. The molecule has 0 unspecified atom stereocenters. The van der Waals surface area contributed by atoms with E-state index < -0.39 is 0 Å². The summed E-state index contributed by atoms with van der Waals surface area (Å²) in [5.41, 5.74) is 12.7. The molecule has 274 valence electrons. The molecule has 0 aliphatic carbocycles. The van der Waals surface area contributed by atoms with Crippen LogP contribution in [0.5, 0.6) is 0 Å². The van der Waals surface area contributed by atoms with Gasteiger partial charge in [0.1, 0.15) is 5.69 Å². The zero-order chi connectivity index (χ0) is 38.6. The first-order valence-corrected chi connectivity index (χ1v) is 20.1. The van der Waals surface area contributed by atoms with Crippen molar-refractivity contribution in [2.24, 2.45) is 0 Å². The SMILES string of the molecule is c1ccc(-n2c3ccccc3c3ccc(-c4nc5ccccc5nc4-n4c5ccccc5c5cc6cc(-n7c8ccccc8c8ccccc87)ccc6cc54)cc32)cc1. The highest BCUT2D eigenvalue weighted by Gasteiger charge is 2.22. The molecule has 9 aromatic carbocycles. The van der Waals surface area contributed by atoms with Crippen LogP contribution in [0.15, 0.2) is 200 Å². The lowest BCUT2D eigenvalue weighted by Crippen LogP contribution is -2.04. The van der Waals surface area contributed by atoms with Gasteiger partial charge < -0.3 is 9.13 Å². The lowest BCUT2D eigenvalue weighted by Gasteiger charge is -2.15. The molecule has 4 aromatic heterocycles. The summed E-state index contributed by atoms with van der Waals surface area (Å²) >= 11 is 0. The Morgan fingerprint density at radius 1 is 0.288 bits per heavy atom. The number of hydrogen-bond acceptors (Lipinski definition) is 2. The highest BCUT2D eigenvalue weighted by Crippen LogP contribution is 2.41. The van der Waals surface area contributed by atoms with Crippen LogP contribution < -0.4 is 0 Å². The molecule has 0 fully saturated rings. The van der Waals surface area contributed by atoms with Crippen molar-refractivity contribution >= 4 is 87.2 Å². The van der Waals surface area contributed by atoms with Gasteiger partial charge in [-0.2, -0.15) is 0 Å². The molecule has 13 aromatic rings. The van der Waals surface area contributed by atoms with Crippen LogP contribution in [0.1, 0.15) is 0 Å². The van der Waals surface area contributed by atoms with Gasteiger partial charge in [0, 0.05) is 49.3 Å². The van der Waals surface area contributed by atoms with Crippen molar-refractivity contribution in [2.75, 3.05) is 0 Å². The molecule has 0 aliphatic heterocycles. The largest absolute Gasteiger partial charge is 0.309 e. The van der Waals surface area contributed by atoms with E-state index in [0.717, 1.165) is 61.4 Å². The topological polar surface area (TPSA) is 40.6 Å². The van der Waals surface area contributed by atoms with Crippen LogP contribution in [0.4, 0.5) is 0 Å². The van der Waals surface area contributed by atoms with E-state index in [1.165, 1.54) is 54.3 Å². The highest BCUT2D eigenvalue weighted by atomic mass is 15.1. The van der Waals surface area contributed by atoms with Gasteiger partial charge in [0.15, 0.2) is 5.82 Å². The number of hydrogen-bond donors (Lipinski definition) is 0. The molecule has 0 radical (unpaired) electrons. The Hall–Kier alpha value is -8.02. The van der Waals surface area contributed by atoms with Crippen molar-refractivity contribution in [3.63, 3.8) is 0 Å². The third-order valence-corrected chi connectivity index (χ3v) is 12.2. The number of fused-ring (bicyclic) bond motifs is 11.